The lowest BCUT2D eigenvalue weighted by atomic mass is 10.2. The average Bonchev–Trinajstić information content (AvgIpc) is 3.05. The first-order valence-electron chi connectivity index (χ1n) is 7.37. The van der Waals surface area contributed by atoms with E-state index in [4.69, 9.17) is 14.2 Å². The van der Waals surface area contributed by atoms with Crippen molar-refractivity contribution in [3.8, 4) is 17.2 Å². The molecule has 5 nitrogen and oxygen atoms in total. The summed E-state index contributed by atoms with van der Waals surface area (Å²) in [6, 6.07) is 9.64. The van der Waals surface area contributed by atoms with Crippen LogP contribution in [0.3, 0.4) is 0 Å². The molecule has 0 saturated carbocycles. The van der Waals surface area contributed by atoms with Crippen molar-refractivity contribution in [1.29, 1.82) is 0 Å². The molecule has 1 aliphatic heterocycles. The van der Waals surface area contributed by atoms with Gasteiger partial charge < -0.3 is 19.5 Å². The Labute approximate surface area is 141 Å². The van der Waals surface area contributed by atoms with Crippen LogP contribution in [0.25, 0.3) is 0 Å². The highest BCUT2D eigenvalue weighted by Crippen LogP contribution is 2.32. The summed E-state index contributed by atoms with van der Waals surface area (Å²) in [4.78, 5) is 11.8. The highest BCUT2D eigenvalue weighted by molar-refractivity contribution is 5.77. The maximum absolute atomic E-state index is 12.6. The second kappa shape index (κ2) is 6.92. The minimum atomic E-state index is -4.46. The van der Waals surface area contributed by atoms with Crippen LogP contribution in [0.1, 0.15) is 11.1 Å². The second-order valence-corrected chi connectivity index (χ2v) is 5.28. The number of ether oxygens (including phenoxy) is 3. The van der Waals surface area contributed by atoms with E-state index in [9.17, 15) is 18.0 Å². The molecule has 0 atom stereocenters. The van der Waals surface area contributed by atoms with Gasteiger partial charge in [-0.3, -0.25) is 4.79 Å². The van der Waals surface area contributed by atoms with Crippen LogP contribution < -0.4 is 19.5 Å². The maximum Gasteiger partial charge on any atom is 0.416 e. The fourth-order valence-electron chi connectivity index (χ4n) is 2.21. The number of amides is 1. The van der Waals surface area contributed by atoms with Crippen LogP contribution in [-0.4, -0.2) is 19.3 Å². The van der Waals surface area contributed by atoms with E-state index in [0.29, 0.717) is 11.5 Å². The normalized spacial score (nSPS) is 12.8. The van der Waals surface area contributed by atoms with Crippen LogP contribution in [0, 0.1) is 0 Å². The summed E-state index contributed by atoms with van der Waals surface area (Å²) in [5, 5.41) is 2.62. The predicted octanol–water partition coefficient (Wildman–Crippen LogP) is 3.13. The fraction of sp³-hybridized carbons (Fsp3) is 0.235. The molecule has 0 radical (unpaired) electrons. The van der Waals surface area contributed by atoms with Crippen molar-refractivity contribution in [2.24, 2.45) is 0 Å². The van der Waals surface area contributed by atoms with Crippen molar-refractivity contribution < 1.29 is 32.2 Å². The van der Waals surface area contributed by atoms with Crippen molar-refractivity contribution in [3.05, 3.63) is 53.6 Å². The second-order valence-electron chi connectivity index (χ2n) is 5.28. The van der Waals surface area contributed by atoms with Gasteiger partial charge in [0.05, 0.1) is 5.56 Å². The third-order valence-corrected chi connectivity index (χ3v) is 3.46. The van der Waals surface area contributed by atoms with Gasteiger partial charge in [-0.15, -0.1) is 0 Å². The van der Waals surface area contributed by atoms with Crippen molar-refractivity contribution in [2.45, 2.75) is 12.7 Å². The summed E-state index contributed by atoms with van der Waals surface area (Å²) in [6.07, 6.45) is -4.46. The van der Waals surface area contributed by atoms with Crippen LogP contribution in [0.15, 0.2) is 42.5 Å². The molecule has 0 aliphatic carbocycles. The van der Waals surface area contributed by atoms with Gasteiger partial charge >= 0.3 is 6.18 Å². The molecule has 2 aromatic carbocycles. The number of rotatable bonds is 5. The first kappa shape index (κ1) is 16.9. The number of fused-ring (bicyclic) bond motifs is 1. The molecule has 0 spiro atoms. The molecule has 0 unspecified atom stereocenters. The molecule has 0 saturated heterocycles. The molecule has 25 heavy (non-hydrogen) atoms. The molecule has 2 aromatic rings. The van der Waals surface area contributed by atoms with E-state index in [1.165, 1.54) is 12.1 Å². The number of nitrogens with one attached hydrogen (secondary N) is 1. The lowest BCUT2D eigenvalue weighted by molar-refractivity contribution is -0.137. The number of halogens is 3. The van der Waals surface area contributed by atoms with E-state index < -0.39 is 17.6 Å². The number of carbonyl (C=O) groups is 1. The highest BCUT2D eigenvalue weighted by atomic mass is 19.4. The molecule has 0 aromatic heterocycles. The summed E-state index contributed by atoms with van der Waals surface area (Å²) in [6.45, 7) is 0.0171. The molecule has 132 valence electrons. The van der Waals surface area contributed by atoms with Gasteiger partial charge in [-0.1, -0.05) is 12.1 Å². The van der Waals surface area contributed by atoms with Crippen molar-refractivity contribution in [2.75, 3.05) is 13.4 Å². The summed E-state index contributed by atoms with van der Waals surface area (Å²) < 4.78 is 53.4. The van der Waals surface area contributed by atoms with E-state index in [1.54, 1.807) is 18.2 Å². The largest absolute Gasteiger partial charge is 0.484 e. The Balaban J connectivity index is 1.50. The third-order valence-electron chi connectivity index (χ3n) is 3.46. The molecule has 1 N–H and O–H groups in total. The van der Waals surface area contributed by atoms with Crippen molar-refractivity contribution in [1.82, 2.24) is 5.32 Å². The molecular formula is C17H14F3NO4. The Morgan fingerprint density at radius 1 is 1.12 bits per heavy atom. The van der Waals surface area contributed by atoms with Gasteiger partial charge in [0.1, 0.15) is 5.75 Å². The first-order valence-corrected chi connectivity index (χ1v) is 7.37. The van der Waals surface area contributed by atoms with Gasteiger partial charge in [-0.2, -0.15) is 13.2 Å². The van der Waals surface area contributed by atoms with Crippen LogP contribution in [-0.2, 0) is 17.5 Å². The minimum absolute atomic E-state index is 0.0203. The van der Waals surface area contributed by atoms with E-state index >= 15 is 0 Å². The number of hydrogen-bond donors (Lipinski definition) is 1. The Hall–Kier alpha value is -2.90. The van der Waals surface area contributed by atoms with E-state index in [0.717, 1.165) is 17.7 Å². The summed E-state index contributed by atoms with van der Waals surface area (Å²) >= 11 is 0. The van der Waals surface area contributed by atoms with Crippen molar-refractivity contribution in [3.63, 3.8) is 0 Å². The average molecular weight is 353 g/mol. The molecule has 3 rings (SSSR count). The molecule has 1 heterocycles. The van der Waals surface area contributed by atoms with Gasteiger partial charge in [-0.05, 0) is 35.9 Å². The molecule has 8 heteroatoms. The molecular weight excluding hydrogens is 339 g/mol. The van der Waals surface area contributed by atoms with Gasteiger partial charge in [0.2, 0.25) is 6.79 Å². The van der Waals surface area contributed by atoms with Crippen LogP contribution >= 0.6 is 0 Å². The van der Waals surface area contributed by atoms with E-state index in [2.05, 4.69) is 5.32 Å². The van der Waals surface area contributed by atoms with Crippen LogP contribution in [0.5, 0.6) is 17.2 Å². The van der Waals surface area contributed by atoms with Gasteiger partial charge in [0.25, 0.3) is 5.91 Å². The lowest BCUT2D eigenvalue weighted by Gasteiger charge is -2.10. The minimum Gasteiger partial charge on any atom is -0.484 e. The number of benzene rings is 2. The SMILES string of the molecule is O=C(COc1cccc(C(F)(F)F)c1)NCc1ccc2c(c1)OCO2. The van der Waals surface area contributed by atoms with Crippen LogP contribution in [0.4, 0.5) is 13.2 Å². The quantitative estimate of drug-likeness (QED) is 0.897. The Kier molecular flexibility index (Phi) is 4.69. The number of carbonyl (C=O) groups excluding carboxylic acids is 1. The zero-order chi connectivity index (χ0) is 17.9. The van der Waals surface area contributed by atoms with Gasteiger partial charge in [0.15, 0.2) is 18.1 Å². The first-order chi connectivity index (χ1) is 11.9. The maximum atomic E-state index is 12.6. The van der Waals surface area contributed by atoms with E-state index in [1.807, 2.05) is 0 Å². The lowest BCUT2D eigenvalue weighted by Crippen LogP contribution is -2.28. The molecule has 0 bridgehead atoms. The summed E-state index contributed by atoms with van der Waals surface area (Å²) in [5.41, 5.74) is -0.0255. The van der Waals surface area contributed by atoms with Crippen LogP contribution in [0.2, 0.25) is 0 Å². The Morgan fingerprint density at radius 3 is 2.72 bits per heavy atom. The zero-order valence-electron chi connectivity index (χ0n) is 12.9. The zero-order valence-corrected chi connectivity index (χ0v) is 12.9. The molecule has 1 amide bonds. The number of alkyl halides is 3. The Morgan fingerprint density at radius 2 is 1.92 bits per heavy atom. The topological polar surface area (TPSA) is 56.8 Å². The van der Waals surface area contributed by atoms with Crippen molar-refractivity contribution >= 4 is 5.91 Å². The van der Waals surface area contributed by atoms with Gasteiger partial charge in [0, 0.05) is 6.54 Å². The smallest absolute Gasteiger partial charge is 0.416 e. The predicted molar refractivity (Wildman–Crippen MR) is 81.4 cm³/mol. The molecule has 1 aliphatic rings. The van der Waals surface area contributed by atoms with Gasteiger partial charge in [-0.25, -0.2) is 0 Å². The summed E-state index contributed by atoms with van der Waals surface area (Å²) in [7, 11) is 0. The molecule has 0 fully saturated rings. The third kappa shape index (κ3) is 4.34. The number of hydrogen-bond acceptors (Lipinski definition) is 4. The highest BCUT2D eigenvalue weighted by Gasteiger charge is 2.30. The standard InChI is InChI=1S/C17H14F3NO4/c18-17(19,20)12-2-1-3-13(7-12)23-9-16(22)21-8-11-4-5-14-15(6-11)25-10-24-14/h1-7H,8-10H2,(H,21,22). The fourth-order valence-corrected chi connectivity index (χ4v) is 2.21. The van der Waals surface area contributed by atoms with E-state index in [-0.39, 0.29) is 25.7 Å². The Bertz CT molecular complexity index is 777. The summed E-state index contributed by atoms with van der Waals surface area (Å²) in [5.74, 6) is 0.776. The monoisotopic (exact) mass is 353 g/mol.